The lowest BCUT2D eigenvalue weighted by atomic mass is 9.97. The molecule has 0 radical (unpaired) electrons. The van der Waals surface area contributed by atoms with Crippen LogP contribution < -0.4 is 0 Å². The fourth-order valence-electron chi connectivity index (χ4n) is 7.19. The molecule has 9 aromatic rings. The van der Waals surface area contributed by atoms with E-state index in [9.17, 15) is 21.0 Å². The standard InChI is InChI=1S/C47H24N6O/c48-25-29-16-30(26-49)19-37(18-29)34-10-13-44-40(22-34)41-23-35(38-20-31(27-50)17-32(21-38)28-51)11-14-45(41)53(44)43-9-5-4-8-39(43)47-52-42-24-36(12-15-46(42)54-47)33-6-2-1-3-7-33/h1-24H. The first-order valence-electron chi connectivity index (χ1n) is 17.1. The lowest BCUT2D eigenvalue weighted by molar-refractivity contribution is 0.619. The number of nitrogens with zero attached hydrogens (tertiary/aromatic N) is 6. The average molecular weight is 689 g/mol. The molecule has 0 aliphatic rings. The number of para-hydroxylation sites is 1. The van der Waals surface area contributed by atoms with Crippen molar-refractivity contribution in [1.29, 1.82) is 21.0 Å². The van der Waals surface area contributed by atoms with Crippen LogP contribution in [0.25, 0.3) is 83.4 Å². The van der Waals surface area contributed by atoms with Gasteiger partial charge in [-0.15, -0.1) is 0 Å². The number of nitriles is 4. The van der Waals surface area contributed by atoms with E-state index in [-0.39, 0.29) is 0 Å². The van der Waals surface area contributed by atoms with Crippen LogP contribution in [0.4, 0.5) is 0 Å². The molecule has 7 nitrogen and oxygen atoms in total. The topological polar surface area (TPSA) is 126 Å². The molecule has 9 rings (SSSR count). The van der Waals surface area contributed by atoms with Gasteiger partial charge < -0.3 is 8.98 Å². The number of benzene rings is 7. The van der Waals surface area contributed by atoms with Gasteiger partial charge in [0.15, 0.2) is 5.58 Å². The van der Waals surface area contributed by atoms with Crippen molar-refractivity contribution in [2.45, 2.75) is 0 Å². The average Bonchev–Trinajstić information content (AvgIpc) is 3.81. The van der Waals surface area contributed by atoms with E-state index >= 15 is 0 Å². The third-order valence-electron chi connectivity index (χ3n) is 9.68. The molecule has 7 heteroatoms. The molecule has 0 aliphatic heterocycles. The van der Waals surface area contributed by atoms with Gasteiger partial charge in [-0.3, -0.25) is 0 Å². The summed E-state index contributed by atoms with van der Waals surface area (Å²) in [5.41, 5.74) is 11.9. The van der Waals surface area contributed by atoms with E-state index in [1.165, 1.54) is 0 Å². The molecule has 0 unspecified atom stereocenters. The molecule has 0 saturated carbocycles. The normalized spacial score (nSPS) is 10.9. The molecule has 0 amide bonds. The first kappa shape index (κ1) is 31.7. The largest absolute Gasteiger partial charge is 0.436 e. The third-order valence-corrected chi connectivity index (χ3v) is 9.68. The van der Waals surface area contributed by atoms with E-state index in [2.05, 4.69) is 65.2 Å². The van der Waals surface area contributed by atoms with Gasteiger partial charge in [-0.1, -0.05) is 60.7 Å². The van der Waals surface area contributed by atoms with E-state index in [0.29, 0.717) is 33.7 Å². The minimum absolute atomic E-state index is 0.405. The van der Waals surface area contributed by atoms with E-state index < -0.39 is 0 Å². The van der Waals surface area contributed by atoms with E-state index in [1.54, 1.807) is 36.4 Å². The number of hydrogen-bond donors (Lipinski definition) is 0. The van der Waals surface area contributed by atoms with Gasteiger partial charge in [0.05, 0.1) is 68.8 Å². The zero-order valence-electron chi connectivity index (χ0n) is 28.4. The maximum atomic E-state index is 9.70. The maximum Gasteiger partial charge on any atom is 0.229 e. The summed E-state index contributed by atoms with van der Waals surface area (Å²) >= 11 is 0. The highest BCUT2D eigenvalue weighted by Gasteiger charge is 2.20. The SMILES string of the molecule is N#Cc1cc(C#N)cc(-c2ccc3c(c2)c2cc(-c4cc(C#N)cc(C#N)c4)ccc2n3-c2ccccc2-c2nc3cc(-c4ccccc4)ccc3o2)c1. The summed E-state index contributed by atoms with van der Waals surface area (Å²) in [4.78, 5) is 4.99. The second-order valence-corrected chi connectivity index (χ2v) is 12.9. The molecule has 0 atom stereocenters. The van der Waals surface area contributed by atoms with Crippen LogP contribution in [0.3, 0.4) is 0 Å². The van der Waals surface area contributed by atoms with Crippen molar-refractivity contribution in [3.8, 4) is 74.8 Å². The molecule has 54 heavy (non-hydrogen) atoms. The van der Waals surface area contributed by atoms with E-state index in [4.69, 9.17) is 9.40 Å². The highest BCUT2D eigenvalue weighted by molar-refractivity contribution is 6.12. The molecule has 0 fully saturated rings. The Morgan fingerprint density at radius 1 is 0.444 bits per heavy atom. The molecule has 0 bridgehead atoms. The van der Waals surface area contributed by atoms with E-state index in [1.807, 2.05) is 72.8 Å². The second-order valence-electron chi connectivity index (χ2n) is 12.9. The summed E-state index contributed by atoms with van der Waals surface area (Å²) in [7, 11) is 0. The Hall–Kier alpha value is -8.23. The molecule has 0 aliphatic carbocycles. The van der Waals surface area contributed by atoms with Gasteiger partial charge in [0.1, 0.15) is 5.52 Å². The number of aromatic nitrogens is 2. The Labute approximate surface area is 309 Å². The lowest BCUT2D eigenvalue weighted by Crippen LogP contribution is -1.97. The highest BCUT2D eigenvalue weighted by atomic mass is 16.3. The number of hydrogen-bond acceptors (Lipinski definition) is 6. The minimum Gasteiger partial charge on any atom is -0.436 e. The molecule has 0 N–H and O–H groups in total. The Morgan fingerprint density at radius 2 is 0.944 bits per heavy atom. The van der Waals surface area contributed by atoms with Crippen molar-refractivity contribution < 1.29 is 4.42 Å². The van der Waals surface area contributed by atoms with Crippen molar-refractivity contribution in [3.05, 3.63) is 168 Å². The van der Waals surface area contributed by atoms with E-state index in [0.717, 1.165) is 72.0 Å². The summed E-state index contributed by atoms with van der Waals surface area (Å²) in [5, 5.41) is 40.7. The molecular weight excluding hydrogens is 665 g/mol. The summed E-state index contributed by atoms with van der Waals surface area (Å²) < 4.78 is 8.61. The summed E-state index contributed by atoms with van der Waals surface area (Å²) in [6, 6.07) is 55.5. The van der Waals surface area contributed by atoms with Crippen molar-refractivity contribution >= 4 is 32.9 Å². The third kappa shape index (κ3) is 5.40. The first-order chi connectivity index (χ1) is 26.5. The molecule has 2 heterocycles. The predicted octanol–water partition coefficient (Wildman–Crippen LogP) is 11.1. The van der Waals surface area contributed by atoms with Gasteiger partial charge in [0.2, 0.25) is 5.89 Å². The Bertz CT molecular complexity index is 2960. The molecule has 0 saturated heterocycles. The van der Waals surface area contributed by atoms with Crippen LogP contribution in [0.5, 0.6) is 0 Å². The molecule has 2 aromatic heterocycles. The molecule has 0 spiro atoms. The zero-order valence-corrected chi connectivity index (χ0v) is 28.4. The van der Waals surface area contributed by atoms with Crippen LogP contribution in [0.2, 0.25) is 0 Å². The van der Waals surface area contributed by atoms with Crippen molar-refractivity contribution in [2.24, 2.45) is 0 Å². The van der Waals surface area contributed by atoms with Crippen LogP contribution in [-0.2, 0) is 0 Å². The van der Waals surface area contributed by atoms with Gasteiger partial charge >= 0.3 is 0 Å². The molecular formula is C47H24N6O. The fraction of sp³-hybridized carbons (Fsp3) is 0. The van der Waals surface area contributed by atoms with Crippen LogP contribution in [-0.4, -0.2) is 9.55 Å². The maximum absolute atomic E-state index is 9.70. The minimum atomic E-state index is 0.405. The Morgan fingerprint density at radius 3 is 1.50 bits per heavy atom. The first-order valence-corrected chi connectivity index (χ1v) is 17.1. The predicted molar refractivity (Wildman–Crippen MR) is 209 cm³/mol. The van der Waals surface area contributed by atoms with Gasteiger partial charge in [-0.05, 0) is 118 Å². The van der Waals surface area contributed by atoms with Gasteiger partial charge in [0, 0.05) is 10.8 Å². The Balaban J connectivity index is 1.27. The monoisotopic (exact) mass is 688 g/mol. The highest BCUT2D eigenvalue weighted by Crippen LogP contribution is 2.40. The van der Waals surface area contributed by atoms with Crippen molar-refractivity contribution in [1.82, 2.24) is 9.55 Å². The number of oxazole rings is 1. The van der Waals surface area contributed by atoms with Gasteiger partial charge in [0.25, 0.3) is 0 Å². The fourth-order valence-corrected chi connectivity index (χ4v) is 7.19. The van der Waals surface area contributed by atoms with Crippen molar-refractivity contribution in [2.75, 3.05) is 0 Å². The van der Waals surface area contributed by atoms with Crippen LogP contribution in [0, 0.1) is 45.3 Å². The number of fused-ring (bicyclic) bond motifs is 4. The molecule has 7 aromatic carbocycles. The van der Waals surface area contributed by atoms with Crippen LogP contribution >= 0.6 is 0 Å². The van der Waals surface area contributed by atoms with Gasteiger partial charge in [-0.25, -0.2) is 4.98 Å². The zero-order chi connectivity index (χ0) is 36.8. The van der Waals surface area contributed by atoms with Crippen LogP contribution in [0.15, 0.2) is 150 Å². The Kier molecular flexibility index (Phi) is 7.54. The quantitative estimate of drug-likeness (QED) is 0.177. The lowest BCUT2D eigenvalue weighted by Gasteiger charge is -2.12. The van der Waals surface area contributed by atoms with Crippen molar-refractivity contribution in [3.63, 3.8) is 0 Å². The van der Waals surface area contributed by atoms with Gasteiger partial charge in [-0.2, -0.15) is 21.0 Å². The smallest absolute Gasteiger partial charge is 0.229 e. The second kappa shape index (κ2) is 12.8. The van der Waals surface area contributed by atoms with Crippen LogP contribution in [0.1, 0.15) is 22.3 Å². The molecule has 248 valence electrons. The summed E-state index contributed by atoms with van der Waals surface area (Å²) in [5.74, 6) is 0.490. The summed E-state index contributed by atoms with van der Waals surface area (Å²) in [6.45, 7) is 0. The number of rotatable bonds is 5. The summed E-state index contributed by atoms with van der Waals surface area (Å²) in [6.07, 6.45) is 0.